The van der Waals surface area contributed by atoms with Crippen LogP contribution in [0.15, 0.2) is 12.2 Å². The first-order chi connectivity index (χ1) is 13.5. The maximum atomic E-state index is 13.5. The lowest BCUT2D eigenvalue weighted by atomic mass is 9.40. The first-order valence-electron chi connectivity index (χ1n) is 11.1. The molecule has 160 valence electrons. The van der Waals surface area contributed by atoms with Crippen molar-refractivity contribution in [2.24, 2.45) is 34.0 Å². The van der Waals surface area contributed by atoms with E-state index < -0.39 is 5.41 Å². The number of allylic oxidation sites excluding steroid dienone is 1. The maximum Gasteiger partial charge on any atom is 0.302 e. The average Bonchev–Trinajstić information content (AvgIpc) is 2.80. The molecule has 4 rings (SSSR count). The Morgan fingerprint density at radius 3 is 2.52 bits per heavy atom. The van der Waals surface area contributed by atoms with E-state index in [4.69, 9.17) is 9.47 Å². The molecular weight excluding hydrogens is 368 g/mol. The van der Waals surface area contributed by atoms with E-state index in [1.54, 1.807) is 0 Å². The van der Waals surface area contributed by atoms with Crippen LogP contribution < -0.4 is 0 Å². The van der Waals surface area contributed by atoms with Crippen molar-refractivity contribution in [2.75, 3.05) is 6.61 Å². The summed E-state index contributed by atoms with van der Waals surface area (Å²) in [4.78, 5) is 36.9. The molecule has 0 aromatic rings. The van der Waals surface area contributed by atoms with Gasteiger partial charge in [-0.3, -0.25) is 14.4 Å². The molecule has 4 aliphatic rings. The van der Waals surface area contributed by atoms with Crippen molar-refractivity contribution in [1.29, 1.82) is 0 Å². The Labute approximate surface area is 173 Å². The van der Waals surface area contributed by atoms with Crippen molar-refractivity contribution in [3.05, 3.63) is 12.2 Å². The van der Waals surface area contributed by atoms with Crippen LogP contribution in [0.5, 0.6) is 0 Å². The van der Waals surface area contributed by atoms with Gasteiger partial charge in [-0.05, 0) is 61.3 Å². The zero-order valence-electron chi connectivity index (χ0n) is 18.2. The molecule has 0 amide bonds. The molecule has 5 heteroatoms. The van der Waals surface area contributed by atoms with Crippen molar-refractivity contribution in [2.45, 2.75) is 78.7 Å². The predicted molar refractivity (Wildman–Crippen MR) is 108 cm³/mol. The first-order valence-corrected chi connectivity index (χ1v) is 11.1. The van der Waals surface area contributed by atoms with E-state index in [0.717, 1.165) is 44.1 Å². The number of rotatable bonds is 3. The molecule has 29 heavy (non-hydrogen) atoms. The van der Waals surface area contributed by atoms with E-state index >= 15 is 0 Å². The third-order valence-corrected chi connectivity index (χ3v) is 8.94. The van der Waals surface area contributed by atoms with Gasteiger partial charge in [0.15, 0.2) is 5.78 Å². The minimum Gasteiger partial charge on any atom is -0.465 e. The topological polar surface area (TPSA) is 69.7 Å². The molecule has 2 bridgehead atoms. The minimum atomic E-state index is -0.439. The highest BCUT2D eigenvalue weighted by Crippen LogP contribution is 2.71. The predicted octanol–water partition coefficient (Wildman–Crippen LogP) is 4.24. The summed E-state index contributed by atoms with van der Waals surface area (Å²) < 4.78 is 11.4. The smallest absolute Gasteiger partial charge is 0.302 e. The quantitative estimate of drug-likeness (QED) is 0.522. The van der Waals surface area contributed by atoms with Crippen LogP contribution in [0.25, 0.3) is 0 Å². The Balaban J connectivity index is 1.76. The van der Waals surface area contributed by atoms with Crippen molar-refractivity contribution in [3.63, 3.8) is 0 Å². The van der Waals surface area contributed by atoms with E-state index in [1.165, 1.54) is 13.8 Å². The van der Waals surface area contributed by atoms with Crippen molar-refractivity contribution >= 4 is 17.7 Å². The monoisotopic (exact) mass is 402 g/mol. The summed E-state index contributed by atoms with van der Waals surface area (Å²) in [5, 5.41) is 0. The number of hydrogen-bond donors (Lipinski definition) is 0. The molecule has 0 saturated heterocycles. The lowest BCUT2D eigenvalue weighted by molar-refractivity contribution is -0.208. The highest BCUT2D eigenvalue weighted by Gasteiger charge is 2.70. The fraction of sp³-hybridized carbons (Fsp3) is 0.792. The van der Waals surface area contributed by atoms with E-state index in [9.17, 15) is 14.4 Å². The van der Waals surface area contributed by atoms with Gasteiger partial charge in [0.25, 0.3) is 0 Å². The molecule has 0 aromatic carbocycles. The molecule has 5 nitrogen and oxygen atoms in total. The second-order valence-electron chi connectivity index (χ2n) is 10.7. The molecule has 0 radical (unpaired) electrons. The molecule has 0 heterocycles. The fourth-order valence-electron chi connectivity index (χ4n) is 8.09. The third kappa shape index (κ3) is 2.90. The zero-order valence-corrected chi connectivity index (χ0v) is 18.2. The summed E-state index contributed by atoms with van der Waals surface area (Å²) in [5.41, 5.74) is 0.0587. The van der Waals surface area contributed by atoms with Gasteiger partial charge in [0, 0.05) is 30.6 Å². The van der Waals surface area contributed by atoms with Crippen LogP contribution in [0.3, 0.4) is 0 Å². The number of carbonyl (C=O) groups excluding carboxylic acids is 3. The molecular formula is C24H34O5. The number of Topliss-reactive ketones (excluding diaryl/α,β-unsaturated/α-hetero) is 1. The van der Waals surface area contributed by atoms with Crippen LogP contribution in [0.1, 0.15) is 72.6 Å². The first kappa shape index (κ1) is 20.6. The third-order valence-electron chi connectivity index (χ3n) is 8.94. The Bertz CT molecular complexity index is 771. The highest BCUT2D eigenvalue weighted by atomic mass is 16.5. The lowest BCUT2D eigenvalue weighted by Crippen LogP contribution is -2.62. The molecule has 0 unspecified atom stereocenters. The largest absolute Gasteiger partial charge is 0.465 e. The van der Waals surface area contributed by atoms with Crippen LogP contribution in [-0.4, -0.2) is 30.4 Å². The molecule has 7 atom stereocenters. The second-order valence-corrected chi connectivity index (χ2v) is 10.7. The van der Waals surface area contributed by atoms with Crippen molar-refractivity contribution < 1.29 is 23.9 Å². The van der Waals surface area contributed by atoms with E-state index in [0.29, 0.717) is 18.9 Å². The normalized spacial score (nSPS) is 45.9. The summed E-state index contributed by atoms with van der Waals surface area (Å²) >= 11 is 0. The summed E-state index contributed by atoms with van der Waals surface area (Å²) in [6.45, 7) is 12.0. The lowest BCUT2D eigenvalue weighted by Gasteiger charge is -2.64. The Kier molecular flexibility index (Phi) is 4.75. The van der Waals surface area contributed by atoms with Gasteiger partial charge < -0.3 is 9.47 Å². The van der Waals surface area contributed by atoms with Crippen LogP contribution >= 0.6 is 0 Å². The van der Waals surface area contributed by atoms with Gasteiger partial charge in [0.05, 0.1) is 6.61 Å². The van der Waals surface area contributed by atoms with Gasteiger partial charge in [-0.2, -0.15) is 0 Å². The Hall–Kier alpha value is -1.65. The maximum absolute atomic E-state index is 13.5. The number of ketones is 1. The van der Waals surface area contributed by atoms with Gasteiger partial charge in [-0.15, -0.1) is 0 Å². The van der Waals surface area contributed by atoms with Crippen LogP contribution in [0.2, 0.25) is 0 Å². The number of esters is 2. The second kappa shape index (κ2) is 6.68. The fourth-order valence-corrected chi connectivity index (χ4v) is 8.09. The van der Waals surface area contributed by atoms with Crippen LogP contribution in [0.4, 0.5) is 0 Å². The molecule has 0 N–H and O–H groups in total. The number of fused-ring (bicyclic) bond motifs is 3. The molecule has 4 aliphatic carbocycles. The molecule has 4 saturated carbocycles. The van der Waals surface area contributed by atoms with Crippen LogP contribution in [-0.2, 0) is 23.9 Å². The molecule has 1 spiro atoms. The zero-order chi connectivity index (χ0) is 21.2. The van der Waals surface area contributed by atoms with Gasteiger partial charge >= 0.3 is 11.9 Å². The van der Waals surface area contributed by atoms with E-state index in [1.807, 2.05) is 0 Å². The Morgan fingerprint density at radius 1 is 1.14 bits per heavy atom. The van der Waals surface area contributed by atoms with E-state index in [2.05, 4.69) is 20.4 Å². The number of carbonyl (C=O) groups is 3. The molecule has 4 fully saturated rings. The van der Waals surface area contributed by atoms with Gasteiger partial charge in [0.1, 0.15) is 6.10 Å². The molecule has 0 aromatic heterocycles. The Morgan fingerprint density at radius 2 is 1.86 bits per heavy atom. The van der Waals surface area contributed by atoms with Gasteiger partial charge in [-0.25, -0.2) is 0 Å². The van der Waals surface area contributed by atoms with Gasteiger partial charge in [-0.1, -0.05) is 26.8 Å². The standard InChI is InChI=1S/C24H34O5/c1-14-17-11-18(29-16(3)26)20-23(5)9-6-8-22(4,13-28-15(2)25)19(23)7-10-24(20,12-17)21(14)27/h17-20H,1,6-13H2,2-5H3/t17-,18+,19-,20+,22-,23-,24-/m1/s1. The molecule has 0 aliphatic heterocycles. The summed E-state index contributed by atoms with van der Waals surface area (Å²) in [6, 6.07) is 0. The minimum absolute atomic E-state index is 0.0117. The highest BCUT2D eigenvalue weighted by molar-refractivity contribution is 6.03. The average molecular weight is 403 g/mol. The van der Waals surface area contributed by atoms with E-state index in [-0.39, 0.29) is 46.5 Å². The SMILES string of the molecule is C=C1C(=O)[C@@]23CC[C@@H]4[C@@](C)(COC(C)=O)CCC[C@@]4(C)[C@@H]2[C@@H](OC(C)=O)C[C@@H]1C3. The van der Waals surface area contributed by atoms with Crippen LogP contribution in [0, 0.1) is 34.0 Å². The number of hydrogen-bond acceptors (Lipinski definition) is 5. The van der Waals surface area contributed by atoms with Crippen molar-refractivity contribution in [3.8, 4) is 0 Å². The summed E-state index contributed by atoms with van der Waals surface area (Å²) in [5.74, 6) is 0.182. The number of ether oxygens (including phenoxy) is 2. The summed E-state index contributed by atoms with van der Waals surface area (Å²) in [7, 11) is 0. The van der Waals surface area contributed by atoms with Crippen molar-refractivity contribution in [1.82, 2.24) is 0 Å². The van der Waals surface area contributed by atoms with Gasteiger partial charge in [0.2, 0.25) is 0 Å². The summed E-state index contributed by atoms with van der Waals surface area (Å²) in [6.07, 6.45) is 6.16.